The van der Waals surface area contributed by atoms with Gasteiger partial charge in [-0.3, -0.25) is 4.31 Å². The molecule has 4 nitrogen and oxygen atoms in total. The summed E-state index contributed by atoms with van der Waals surface area (Å²) in [4.78, 5) is 0.438. The van der Waals surface area contributed by atoms with Gasteiger partial charge in [0.2, 0.25) is 10.0 Å². The standard InChI is InChI=1S/C12H16N2O2S2/c13-12(17)9-10-3-5-11(6-4-10)14-7-1-2-8-18(14,15)16/h3-6H,1-2,7-9H2,(H2,13,17). The molecule has 0 aromatic heterocycles. The lowest BCUT2D eigenvalue weighted by Gasteiger charge is -2.28. The van der Waals surface area contributed by atoms with Gasteiger partial charge < -0.3 is 5.73 Å². The lowest BCUT2D eigenvalue weighted by molar-refractivity contribution is 0.574. The van der Waals surface area contributed by atoms with Crippen LogP contribution in [0.5, 0.6) is 0 Å². The van der Waals surface area contributed by atoms with Gasteiger partial charge in [-0.05, 0) is 30.5 Å². The van der Waals surface area contributed by atoms with Crippen LogP contribution in [0.4, 0.5) is 5.69 Å². The van der Waals surface area contributed by atoms with Gasteiger partial charge in [0.15, 0.2) is 0 Å². The molecule has 0 amide bonds. The third kappa shape index (κ3) is 3.00. The minimum Gasteiger partial charge on any atom is -0.393 e. The van der Waals surface area contributed by atoms with Crippen molar-refractivity contribution in [3.8, 4) is 0 Å². The van der Waals surface area contributed by atoms with Crippen LogP contribution in [0.3, 0.4) is 0 Å². The number of nitrogens with zero attached hydrogens (tertiary/aromatic N) is 1. The molecule has 1 aromatic rings. The molecule has 0 bridgehead atoms. The third-order valence-electron chi connectivity index (χ3n) is 2.95. The number of anilines is 1. The van der Waals surface area contributed by atoms with E-state index in [-0.39, 0.29) is 5.75 Å². The third-order valence-corrected chi connectivity index (χ3v) is 4.97. The highest BCUT2D eigenvalue weighted by Gasteiger charge is 2.25. The molecule has 18 heavy (non-hydrogen) atoms. The van der Waals surface area contributed by atoms with Crippen LogP contribution < -0.4 is 10.0 Å². The molecule has 0 unspecified atom stereocenters. The van der Waals surface area contributed by atoms with Gasteiger partial charge in [0.1, 0.15) is 0 Å². The lowest BCUT2D eigenvalue weighted by atomic mass is 10.1. The maximum atomic E-state index is 11.9. The molecule has 0 atom stereocenters. The van der Waals surface area contributed by atoms with Crippen molar-refractivity contribution in [2.75, 3.05) is 16.6 Å². The number of rotatable bonds is 3. The zero-order valence-corrected chi connectivity index (χ0v) is 11.6. The van der Waals surface area contributed by atoms with Gasteiger partial charge in [0.25, 0.3) is 0 Å². The van der Waals surface area contributed by atoms with Crippen molar-refractivity contribution in [2.45, 2.75) is 19.3 Å². The van der Waals surface area contributed by atoms with Gasteiger partial charge >= 0.3 is 0 Å². The van der Waals surface area contributed by atoms with Crippen molar-refractivity contribution in [3.63, 3.8) is 0 Å². The molecule has 0 saturated carbocycles. The van der Waals surface area contributed by atoms with Crippen LogP contribution in [-0.2, 0) is 16.4 Å². The molecule has 0 aliphatic carbocycles. The summed E-state index contributed by atoms with van der Waals surface area (Å²) < 4.78 is 25.3. The van der Waals surface area contributed by atoms with Gasteiger partial charge in [0, 0.05) is 13.0 Å². The van der Waals surface area contributed by atoms with Crippen LogP contribution in [0.15, 0.2) is 24.3 Å². The summed E-state index contributed by atoms with van der Waals surface area (Å²) in [5.74, 6) is 0.238. The molecule has 2 rings (SSSR count). The summed E-state index contributed by atoms with van der Waals surface area (Å²) in [6, 6.07) is 7.38. The topological polar surface area (TPSA) is 63.4 Å². The molecule has 1 heterocycles. The first kappa shape index (κ1) is 13.3. The number of sulfonamides is 1. The Labute approximate surface area is 113 Å². The van der Waals surface area contributed by atoms with E-state index in [1.54, 1.807) is 0 Å². The molecule has 0 spiro atoms. The van der Waals surface area contributed by atoms with Gasteiger partial charge in [-0.2, -0.15) is 0 Å². The predicted molar refractivity (Wildman–Crippen MR) is 77.3 cm³/mol. The monoisotopic (exact) mass is 284 g/mol. The number of hydrogen-bond donors (Lipinski definition) is 1. The van der Waals surface area contributed by atoms with Crippen LogP contribution >= 0.6 is 12.2 Å². The maximum Gasteiger partial charge on any atom is 0.235 e. The Kier molecular flexibility index (Phi) is 3.87. The van der Waals surface area contributed by atoms with Crippen molar-refractivity contribution in [2.24, 2.45) is 5.73 Å². The number of thiocarbonyl (C=S) groups is 1. The Hall–Kier alpha value is -1.14. The van der Waals surface area contributed by atoms with Crippen LogP contribution in [0, 0.1) is 0 Å². The molecule has 6 heteroatoms. The molecule has 1 aliphatic heterocycles. The Morgan fingerprint density at radius 1 is 1.28 bits per heavy atom. The zero-order valence-electron chi connectivity index (χ0n) is 10.0. The molecular weight excluding hydrogens is 268 g/mol. The predicted octanol–water partition coefficient (Wildman–Crippen LogP) is 1.45. The second kappa shape index (κ2) is 5.24. The number of hydrogen-bond acceptors (Lipinski definition) is 3. The highest BCUT2D eigenvalue weighted by atomic mass is 32.2. The normalized spacial score (nSPS) is 18.6. The Balaban J connectivity index is 2.21. The molecular formula is C12H16N2O2S2. The first-order valence-corrected chi connectivity index (χ1v) is 7.88. The summed E-state index contributed by atoms with van der Waals surface area (Å²) in [6.45, 7) is 0.566. The van der Waals surface area contributed by atoms with E-state index in [9.17, 15) is 8.42 Å². The molecule has 2 N–H and O–H groups in total. The summed E-state index contributed by atoms with van der Waals surface area (Å²) in [5.41, 5.74) is 7.20. The van der Waals surface area contributed by atoms with Crippen molar-refractivity contribution in [3.05, 3.63) is 29.8 Å². The maximum absolute atomic E-state index is 11.9. The Morgan fingerprint density at radius 2 is 1.94 bits per heavy atom. The average Bonchev–Trinajstić information content (AvgIpc) is 2.29. The van der Waals surface area contributed by atoms with Crippen LogP contribution in [0.2, 0.25) is 0 Å². The van der Waals surface area contributed by atoms with E-state index in [1.165, 1.54) is 4.31 Å². The fourth-order valence-corrected chi connectivity index (χ4v) is 3.87. The van der Waals surface area contributed by atoms with Crippen LogP contribution in [0.25, 0.3) is 0 Å². The molecule has 1 fully saturated rings. The summed E-state index contributed by atoms with van der Waals surface area (Å²) in [6.07, 6.45) is 2.20. The van der Waals surface area contributed by atoms with Crippen molar-refractivity contribution >= 4 is 32.9 Å². The largest absolute Gasteiger partial charge is 0.393 e. The first-order chi connectivity index (χ1) is 8.49. The van der Waals surface area contributed by atoms with E-state index in [0.717, 1.165) is 24.1 Å². The van der Waals surface area contributed by atoms with E-state index in [0.29, 0.717) is 18.0 Å². The smallest absolute Gasteiger partial charge is 0.235 e. The second-order valence-electron chi connectivity index (χ2n) is 4.40. The lowest BCUT2D eigenvalue weighted by Crippen LogP contribution is -2.37. The highest BCUT2D eigenvalue weighted by Crippen LogP contribution is 2.23. The molecule has 1 aliphatic rings. The van der Waals surface area contributed by atoms with E-state index in [2.05, 4.69) is 0 Å². The van der Waals surface area contributed by atoms with E-state index < -0.39 is 10.0 Å². The van der Waals surface area contributed by atoms with Crippen molar-refractivity contribution in [1.82, 2.24) is 0 Å². The highest BCUT2D eigenvalue weighted by molar-refractivity contribution is 7.92. The SMILES string of the molecule is NC(=S)Cc1ccc(N2CCCCS2(=O)=O)cc1. The molecule has 0 radical (unpaired) electrons. The molecule has 1 saturated heterocycles. The zero-order chi connectivity index (χ0) is 13.2. The van der Waals surface area contributed by atoms with Crippen LogP contribution in [0.1, 0.15) is 18.4 Å². The minimum atomic E-state index is -3.13. The first-order valence-electron chi connectivity index (χ1n) is 5.87. The number of benzene rings is 1. The van der Waals surface area contributed by atoms with E-state index in [1.807, 2.05) is 24.3 Å². The van der Waals surface area contributed by atoms with E-state index in [4.69, 9.17) is 18.0 Å². The average molecular weight is 284 g/mol. The Morgan fingerprint density at radius 3 is 2.50 bits per heavy atom. The fourth-order valence-electron chi connectivity index (χ4n) is 2.06. The fraction of sp³-hybridized carbons (Fsp3) is 0.417. The molecule has 98 valence electrons. The summed E-state index contributed by atoms with van der Waals surface area (Å²) in [7, 11) is -3.13. The van der Waals surface area contributed by atoms with Crippen LogP contribution in [-0.4, -0.2) is 25.7 Å². The Bertz CT molecular complexity index is 538. The minimum absolute atomic E-state index is 0.238. The van der Waals surface area contributed by atoms with Gasteiger partial charge in [-0.25, -0.2) is 8.42 Å². The van der Waals surface area contributed by atoms with Gasteiger partial charge in [0.05, 0.1) is 16.4 Å². The van der Waals surface area contributed by atoms with E-state index >= 15 is 0 Å². The van der Waals surface area contributed by atoms with Gasteiger partial charge in [-0.15, -0.1) is 0 Å². The summed E-state index contributed by atoms with van der Waals surface area (Å²) in [5, 5.41) is 0. The second-order valence-corrected chi connectivity index (χ2v) is 6.94. The van der Waals surface area contributed by atoms with Crippen molar-refractivity contribution < 1.29 is 8.42 Å². The number of nitrogens with two attached hydrogens (primary N) is 1. The summed E-state index contributed by atoms with van der Waals surface area (Å²) >= 11 is 4.84. The van der Waals surface area contributed by atoms with Gasteiger partial charge in [-0.1, -0.05) is 24.4 Å². The molecule has 1 aromatic carbocycles. The van der Waals surface area contributed by atoms with Crippen molar-refractivity contribution in [1.29, 1.82) is 0 Å². The quantitative estimate of drug-likeness (QED) is 0.853.